The lowest BCUT2D eigenvalue weighted by Gasteiger charge is -2.28. The van der Waals surface area contributed by atoms with Crippen LogP contribution in [0.3, 0.4) is 0 Å². The number of carbonyl (C=O) groups excluding carboxylic acids is 1. The van der Waals surface area contributed by atoms with Gasteiger partial charge in [-0.3, -0.25) is 4.79 Å². The molecule has 1 fully saturated rings. The Kier molecular flexibility index (Phi) is 6.00. The lowest BCUT2D eigenvalue weighted by Crippen LogP contribution is -3.13. The fraction of sp³-hybridized carbons (Fsp3) is 0.529. The van der Waals surface area contributed by atoms with Gasteiger partial charge in [0.15, 0.2) is 6.67 Å². The van der Waals surface area contributed by atoms with Gasteiger partial charge in [0.2, 0.25) is 4.77 Å². The molecule has 8 nitrogen and oxygen atoms in total. The first kappa shape index (κ1) is 18.5. The molecule has 0 radical (unpaired) electrons. The summed E-state index contributed by atoms with van der Waals surface area (Å²) in [6.45, 7) is 4.56. The molecule has 3 rings (SSSR count). The van der Waals surface area contributed by atoms with Gasteiger partial charge < -0.3 is 14.4 Å². The van der Waals surface area contributed by atoms with Crippen LogP contribution in [0.15, 0.2) is 24.3 Å². The third-order valence-corrected chi connectivity index (χ3v) is 4.95. The zero-order valence-corrected chi connectivity index (χ0v) is 15.9. The van der Waals surface area contributed by atoms with E-state index in [9.17, 15) is 4.79 Å². The van der Waals surface area contributed by atoms with Crippen molar-refractivity contribution in [2.24, 2.45) is 5.92 Å². The van der Waals surface area contributed by atoms with Crippen LogP contribution in [0.4, 0.5) is 0 Å². The fourth-order valence-electron chi connectivity index (χ4n) is 3.23. The first-order valence-electron chi connectivity index (χ1n) is 8.79. The van der Waals surface area contributed by atoms with Crippen LogP contribution in [0, 0.1) is 10.7 Å². The minimum absolute atomic E-state index is 0.0514. The number of methoxy groups -OCH3 is 1. The summed E-state index contributed by atoms with van der Waals surface area (Å²) in [6.07, 6.45) is 1.87. The molecule has 1 aromatic carbocycles. The lowest BCUT2D eigenvalue weighted by molar-refractivity contribution is -0.930. The largest absolute Gasteiger partial charge is 0.497 e. The molecule has 1 aromatic heterocycles. The normalized spacial score (nSPS) is 19.9. The SMILES string of the molecule is CCOC(=O)[C@H]1CCC[NH+](Cn2nnn(-c3ccc(OC)cc3)c2=S)C1. The number of quaternary nitrogens is 1. The van der Waals surface area contributed by atoms with Crippen molar-refractivity contribution in [2.45, 2.75) is 26.4 Å². The third-order valence-electron chi connectivity index (χ3n) is 4.57. The number of tetrazole rings is 1. The summed E-state index contributed by atoms with van der Waals surface area (Å²) >= 11 is 5.52. The van der Waals surface area contributed by atoms with Gasteiger partial charge in [-0.25, -0.2) is 0 Å². The van der Waals surface area contributed by atoms with E-state index in [1.54, 1.807) is 16.5 Å². The standard InChI is InChI=1S/C17H23N5O3S/c1-3-25-16(23)13-5-4-10-20(11-13)12-21-17(26)22(19-18-21)14-6-8-15(24-2)9-7-14/h6-9,13H,3-5,10-12H2,1-2H3/p+1/t13-/m0/s1. The van der Waals surface area contributed by atoms with Crippen LogP contribution in [-0.2, 0) is 16.2 Å². The predicted molar refractivity (Wildman–Crippen MR) is 96.8 cm³/mol. The van der Waals surface area contributed by atoms with Crippen molar-refractivity contribution in [2.75, 3.05) is 26.8 Å². The molecule has 9 heteroatoms. The van der Waals surface area contributed by atoms with Gasteiger partial charge in [-0.05, 0) is 66.7 Å². The Labute approximate surface area is 157 Å². The van der Waals surface area contributed by atoms with E-state index in [4.69, 9.17) is 21.7 Å². The van der Waals surface area contributed by atoms with Crippen LogP contribution < -0.4 is 9.64 Å². The Hall–Kier alpha value is -2.26. The molecule has 2 heterocycles. The van der Waals surface area contributed by atoms with E-state index in [-0.39, 0.29) is 11.9 Å². The first-order valence-corrected chi connectivity index (χ1v) is 9.20. The number of benzene rings is 1. The van der Waals surface area contributed by atoms with Gasteiger partial charge in [0.05, 0.1) is 32.5 Å². The van der Waals surface area contributed by atoms with Gasteiger partial charge in [-0.15, -0.1) is 0 Å². The van der Waals surface area contributed by atoms with E-state index in [1.165, 1.54) is 4.90 Å². The van der Waals surface area contributed by atoms with E-state index in [0.29, 0.717) is 18.0 Å². The van der Waals surface area contributed by atoms with Gasteiger partial charge in [-0.1, -0.05) is 0 Å². The van der Waals surface area contributed by atoms with E-state index in [0.717, 1.165) is 37.4 Å². The predicted octanol–water partition coefficient (Wildman–Crippen LogP) is 0.622. The molecule has 1 unspecified atom stereocenters. The van der Waals surface area contributed by atoms with Crippen molar-refractivity contribution in [1.82, 2.24) is 19.8 Å². The van der Waals surface area contributed by atoms with Gasteiger partial charge in [0.25, 0.3) is 0 Å². The van der Waals surface area contributed by atoms with Gasteiger partial charge in [0, 0.05) is 0 Å². The maximum atomic E-state index is 12.0. The number of piperidine rings is 1. The van der Waals surface area contributed by atoms with Gasteiger partial charge in [0.1, 0.15) is 11.7 Å². The van der Waals surface area contributed by atoms with E-state index < -0.39 is 0 Å². The summed E-state index contributed by atoms with van der Waals surface area (Å²) in [7, 11) is 1.63. The highest BCUT2D eigenvalue weighted by Crippen LogP contribution is 2.14. The molecular formula is C17H24N5O3S+. The molecule has 0 saturated carbocycles. The quantitative estimate of drug-likeness (QED) is 0.587. The number of ether oxygens (including phenoxy) is 2. The molecule has 1 aliphatic rings. The summed E-state index contributed by atoms with van der Waals surface area (Å²) in [5.74, 6) is 0.620. The topological polar surface area (TPSA) is 75.6 Å². The van der Waals surface area contributed by atoms with Gasteiger partial charge in [-0.2, -0.15) is 9.36 Å². The Morgan fingerprint density at radius 1 is 1.35 bits per heavy atom. The number of hydrogen-bond donors (Lipinski definition) is 1. The second kappa shape index (κ2) is 8.41. The number of nitrogens with one attached hydrogen (secondary N) is 1. The Bertz CT molecular complexity index is 801. The van der Waals surface area contributed by atoms with Crippen LogP contribution in [0.5, 0.6) is 5.75 Å². The van der Waals surface area contributed by atoms with Crippen molar-refractivity contribution < 1.29 is 19.2 Å². The second-order valence-electron chi connectivity index (χ2n) is 6.32. The summed E-state index contributed by atoms with van der Waals surface area (Å²) in [5, 5.41) is 8.36. The Morgan fingerprint density at radius 3 is 2.81 bits per heavy atom. The van der Waals surface area contributed by atoms with Crippen molar-refractivity contribution in [3.8, 4) is 11.4 Å². The molecule has 0 amide bonds. The monoisotopic (exact) mass is 378 g/mol. The molecule has 2 aromatic rings. The van der Waals surface area contributed by atoms with Crippen molar-refractivity contribution >= 4 is 18.2 Å². The van der Waals surface area contributed by atoms with E-state index in [1.807, 2.05) is 31.2 Å². The third kappa shape index (κ3) is 4.10. The molecular weight excluding hydrogens is 354 g/mol. The number of rotatable bonds is 6. The number of carbonyl (C=O) groups is 1. The maximum Gasteiger partial charge on any atom is 0.314 e. The Balaban J connectivity index is 1.69. The van der Waals surface area contributed by atoms with Crippen LogP contribution in [-0.4, -0.2) is 52.6 Å². The number of nitrogens with zero attached hydrogens (tertiary/aromatic N) is 4. The van der Waals surface area contributed by atoms with Crippen molar-refractivity contribution in [3.63, 3.8) is 0 Å². The highest BCUT2D eigenvalue weighted by molar-refractivity contribution is 7.71. The molecule has 0 spiro atoms. The zero-order valence-electron chi connectivity index (χ0n) is 15.1. The average Bonchev–Trinajstić information content (AvgIpc) is 3.03. The molecule has 1 N–H and O–H groups in total. The summed E-state index contributed by atoms with van der Waals surface area (Å²) in [6, 6.07) is 7.49. The first-order chi connectivity index (χ1) is 12.6. The number of esters is 1. The van der Waals surface area contributed by atoms with E-state index in [2.05, 4.69) is 10.4 Å². The minimum atomic E-state index is -0.102. The van der Waals surface area contributed by atoms with Crippen molar-refractivity contribution in [1.29, 1.82) is 0 Å². The molecule has 0 aliphatic carbocycles. The fourth-order valence-corrected chi connectivity index (χ4v) is 3.47. The summed E-state index contributed by atoms with van der Waals surface area (Å²) in [5.41, 5.74) is 0.833. The lowest BCUT2D eigenvalue weighted by atomic mass is 9.99. The summed E-state index contributed by atoms with van der Waals surface area (Å²) in [4.78, 5) is 13.3. The van der Waals surface area contributed by atoms with E-state index >= 15 is 0 Å². The molecule has 1 saturated heterocycles. The van der Waals surface area contributed by atoms with Gasteiger partial charge >= 0.3 is 5.97 Å². The van der Waals surface area contributed by atoms with Crippen LogP contribution >= 0.6 is 12.2 Å². The number of likely N-dealkylation sites (tertiary alicyclic amines) is 1. The van der Waals surface area contributed by atoms with Crippen LogP contribution in [0.25, 0.3) is 5.69 Å². The second-order valence-corrected chi connectivity index (χ2v) is 6.69. The zero-order chi connectivity index (χ0) is 18.5. The molecule has 1 aliphatic heterocycles. The number of aromatic nitrogens is 4. The average molecular weight is 378 g/mol. The van der Waals surface area contributed by atoms with Crippen molar-refractivity contribution in [3.05, 3.63) is 29.0 Å². The highest BCUT2D eigenvalue weighted by Gasteiger charge is 2.30. The smallest absolute Gasteiger partial charge is 0.314 e. The molecule has 140 valence electrons. The number of hydrogen-bond acceptors (Lipinski definition) is 6. The summed E-state index contributed by atoms with van der Waals surface area (Å²) < 4.78 is 14.2. The maximum absolute atomic E-state index is 12.0. The molecule has 26 heavy (non-hydrogen) atoms. The van der Waals surface area contributed by atoms with Crippen LogP contribution in [0.2, 0.25) is 0 Å². The molecule has 2 atom stereocenters. The van der Waals surface area contributed by atoms with Crippen LogP contribution in [0.1, 0.15) is 19.8 Å². The highest BCUT2D eigenvalue weighted by atomic mass is 32.1. The minimum Gasteiger partial charge on any atom is -0.497 e. The molecule has 0 bridgehead atoms. The Morgan fingerprint density at radius 2 is 2.12 bits per heavy atom.